The van der Waals surface area contributed by atoms with Crippen LogP contribution in [0.25, 0.3) is 0 Å². The quantitative estimate of drug-likeness (QED) is 0.610. The van der Waals surface area contributed by atoms with E-state index >= 15 is 0 Å². The van der Waals surface area contributed by atoms with Gasteiger partial charge in [-0.2, -0.15) is 0 Å². The Kier molecular flexibility index (Phi) is 5.00. The number of anilines is 1. The molecule has 0 aliphatic heterocycles. The number of nitro groups is 1. The summed E-state index contributed by atoms with van der Waals surface area (Å²) in [7, 11) is -3.74. The molecular weight excluding hydrogens is 391 g/mol. The smallest absolute Gasteiger partial charge is 0.310 e. The first kappa shape index (κ1) is 17.4. The molecule has 6 nitrogen and oxygen atoms in total. The Morgan fingerprint density at radius 1 is 1.30 bits per heavy atom. The Labute approximate surface area is 140 Å². The number of nitrogens with zero attached hydrogens (tertiary/aromatic N) is 1. The fourth-order valence-corrected chi connectivity index (χ4v) is 3.36. The zero-order valence-electron chi connectivity index (χ0n) is 11.9. The highest BCUT2D eigenvalue weighted by Crippen LogP contribution is 2.32. The van der Waals surface area contributed by atoms with E-state index in [1.165, 1.54) is 36.4 Å². The van der Waals surface area contributed by atoms with Crippen LogP contribution in [0.15, 0.2) is 45.8 Å². The highest BCUT2D eigenvalue weighted by molar-refractivity contribution is 9.10. The first-order valence-corrected chi connectivity index (χ1v) is 9.04. The fraction of sp³-hybridized carbons (Fsp3) is 0.143. The number of nitrogens with one attached hydrogen (secondary N) is 1. The molecule has 0 aliphatic rings. The van der Waals surface area contributed by atoms with Crippen molar-refractivity contribution in [3.63, 3.8) is 0 Å². The van der Waals surface area contributed by atoms with Crippen LogP contribution in [0.5, 0.6) is 0 Å². The summed E-state index contributed by atoms with van der Waals surface area (Å²) >= 11 is 3.20. The van der Waals surface area contributed by atoms with E-state index in [1.54, 1.807) is 0 Å². The molecule has 0 aromatic heterocycles. The van der Waals surface area contributed by atoms with E-state index in [-0.39, 0.29) is 17.1 Å². The second-order valence-electron chi connectivity index (χ2n) is 4.77. The molecule has 0 heterocycles. The fourth-order valence-electron chi connectivity index (χ4n) is 2.01. The Balaban J connectivity index is 2.39. The zero-order chi connectivity index (χ0) is 17.2. The van der Waals surface area contributed by atoms with E-state index < -0.39 is 26.3 Å². The van der Waals surface area contributed by atoms with Gasteiger partial charge in [0.05, 0.1) is 4.92 Å². The van der Waals surface area contributed by atoms with Gasteiger partial charge >= 0.3 is 5.69 Å². The highest BCUT2D eigenvalue weighted by atomic mass is 79.9. The van der Waals surface area contributed by atoms with Gasteiger partial charge in [-0.15, -0.1) is 0 Å². The second-order valence-corrected chi connectivity index (χ2v) is 7.61. The predicted octanol–water partition coefficient (Wildman–Crippen LogP) is 3.51. The summed E-state index contributed by atoms with van der Waals surface area (Å²) < 4.78 is 37.0. The SMILES string of the molecule is CS(=O)(=O)c1cccc(NCc2ccc(F)cc2Br)c1[N+](=O)[O-]. The van der Waals surface area contributed by atoms with Crippen LogP contribution in [0.4, 0.5) is 15.8 Å². The van der Waals surface area contributed by atoms with Crippen LogP contribution in [-0.2, 0) is 16.4 Å². The third kappa shape index (κ3) is 4.05. The monoisotopic (exact) mass is 402 g/mol. The zero-order valence-corrected chi connectivity index (χ0v) is 14.3. The molecule has 0 unspecified atom stereocenters. The van der Waals surface area contributed by atoms with Crippen molar-refractivity contribution in [2.75, 3.05) is 11.6 Å². The number of para-hydroxylation sites is 1. The number of rotatable bonds is 5. The second kappa shape index (κ2) is 6.63. The Morgan fingerprint density at radius 3 is 2.57 bits per heavy atom. The number of hydrogen-bond acceptors (Lipinski definition) is 5. The van der Waals surface area contributed by atoms with Gasteiger partial charge in [0.25, 0.3) is 0 Å². The summed E-state index contributed by atoms with van der Waals surface area (Å²) in [5.74, 6) is -0.411. The average Bonchev–Trinajstić information content (AvgIpc) is 2.44. The average molecular weight is 403 g/mol. The molecule has 0 saturated heterocycles. The van der Waals surface area contributed by atoms with E-state index in [1.807, 2.05) is 0 Å². The Bertz CT molecular complexity index is 871. The molecule has 0 atom stereocenters. The lowest BCUT2D eigenvalue weighted by molar-refractivity contribution is -0.386. The summed E-state index contributed by atoms with van der Waals surface area (Å²) in [6.45, 7) is 0.162. The van der Waals surface area contributed by atoms with E-state index in [0.717, 1.165) is 6.26 Å². The number of halogens is 2. The van der Waals surface area contributed by atoms with Crippen LogP contribution in [0.3, 0.4) is 0 Å². The minimum absolute atomic E-state index is 0.0779. The standard InChI is InChI=1S/C14H12BrFN2O4S/c1-23(21,22)13-4-2-3-12(14(13)18(19)20)17-8-9-5-6-10(16)7-11(9)15/h2-7,17H,8H2,1H3. The number of benzene rings is 2. The number of hydrogen-bond donors (Lipinski definition) is 1. The largest absolute Gasteiger partial charge is 0.375 e. The maximum absolute atomic E-state index is 13.1. The molecule has 9 heteroatoms. The van der Waals surface area contributed by atoms with Gasteiger partial charge in [0.15, 0.2) is 9.84 Å². The van der Waals surface area contributed by atoms with Crippen LogP contribution in [0.1, 0.15) is 5.56 Å². The molecule has 0 aliphatic carbocycles. The molecular formula is C14H12BrFN2O4S. The summed E-state index contributed by atoms with van der Waals surface area (Å²) in [5.41, 5.74) is 0.243. The van der Waals surface area contributed by atoms with Crippen molar-refractivity contribution in [1.29, 1.82) is 0 Å². The lowest BCUT2D eigenvalue weighted by Gasteiger charge is -2.10. The number of sulfone groups is 1. The molecule has 0 amide bonds. The van der Waals surface area contributed by atoms with Gasteiger partial charge in [0.2, 0.25) is 0 Å². The molecule has 0 saturated carbocycles. The van der Waals surface area contributed by atoms with E-state index in [4.69, 9.17) is 0 Å². The molecule has 23 heavy (non-hydrogen) atoms. The maximum atomic E-state index is 13.1. The van der Waals surface area contributed by atoms with Gasteiger partial charge in [0.1, 0.15) is 16.4 Å². The summed E-state index contributed by atoms with van der Waals surface area (Å²) in [6.07, 6.45) is 0.912. The topological polar surface area (TPSA) is 89.3 Å². The molecule has 0 spiro atoms. The van der Waals surface area contributed by atoms with Crippen molar-refractivity contribution < 1.29 is 17.7 Å². The molecule has 122 valence electrons. The third-order valence-corrected chi connectivity index (χ3v) is 4.93. The molecule has 2 aromatic carbocycles. The van der Waals surface area contributed by atoms with Crippen LogP contribution < -0.4 is 5.32 Å². The maximum Gasteiger partial charge on any atom is 0.310 e. The van der Waals surface area contributed by atoms with E-state index in [9.17, 15) is 22.9 Å². The molecule has 2 rings (SSSR count). The van der Waals surface area contributed by atoms with Crippen molar-refractivity contribution in [2.45, 2.75) is 11.4 Å². The van der Waals surface area contributed by atoms with Crippen molar-refractivity contribution in [3.8, 4) is 0 Å². The summed E-state index contributed by atoms with van der Waals surface area (Å²) in [5, 5.41) is 14.1. The van der Waals surface area contributed by atoms with Gasteiger partial charge in [0, 0.05) is 17.3 Å². The normalized spacial score (nSPS) is 11.3. The van der Waals surface area contributed by atoms with Gasteiger partial charge < -0.3 is 5.32 Å². The summed E-state index contributed by atoms with van der Waals surface area (Å²) in [4.78, 5) is 10.2. The van der Waals surface area contributed by atoms with Crippen molar-refractivity contribution in [1.82, 2.24) is 0 Å². The molecule has 0 fully saturated rings. The van der Waals surface area contributed by atoms with Crippen LogP contribution in [0.2, 0.25) is 0 Å². The van der Waals surface area contributed by atoms with Crippen LogP contribution in [-0.4, -0.2) is 19.6 Å². The Morgan fingerprint density at radius 2 is 2.00 bits per heavy atom. The molecule has 1 N–H and O–H groups in total. The Hall–Kier alpha value is -2.00. The van der Waals surface area contributed by atoms with Crippen molar-refractivity contribution >= 4 is 37.1 Å². The van der Waals surface area contributed by atoms with Crippen molar-refractivity contribution in [3.05, 3.63) is 62.4 Å². The predicted molar refractivity (Wildman–Crippen MR) is 87.6 cm³/mol. The van der Waals surface area contributed by atoms with Gasteiger partial charge in [-0.3, -0.25) is 10.1 Å². The molecule has 0 radical (unpaired) electrons. The molecule has 2 aromatic rings. The van der Waals surface area contributed by atoms with E-state index in [0.29, 0.717) is 10.0 Å². The van der Waals surface area contributed by atoms with Crippen LogP contribution in [0, 0.1) is 15.9 Å². The van der Waals surface area contributed by atoms with Gasteiger partial charge in [-0.05, 0) is 29.8 Å². The lowest BCUT2D eigenvalue weighted by atomic mass is 10.2. The third-order valence-electron chi connectivity index (χ3n) is 3.07. The summed E-state index contributed by atoms with van der Waals surface area (Å²) in [6, 6.07) is 8.10. The van der Waals surface area contributed by atoms with Crippen LogP contribution >= 0.6 is 15.9 Å². The first-order valence-electron chi connectivity index (χ1n) is 6.35. The van der Waals surface area contributed by atoms with Gasteiger partial charge in [-0.1, -0.05) is 28.1 Å². The number of nitro benzene ring substituents is 1. The van der Waals surface area contributed by atoms with Gasteiger partial charge in [-0.25, -0.2) is 12.8 Å². The minimum Gasteiger partial charge on any atom is -0.375 e. The lowest BCUT2D eigenvalue weighted by Crippen LogP contribution is -2.08. The van der Waals surface area contributed by atoms with E-state index in [2.05, 4.69) is 21.2 Å². The minimum atomic E-state index is -3.74. The first-order chi connectivity index (χ1) is 10.7. The van der Waals surface area contributed by atoms with Crippen molar-refractivity contribution in [2.24, 2.45) is 0 Å². The highest BCUT2D eigenvalue weighted by Gasteiger charge is 2.25. The molecule has 0 bridgehead atoms.